The van der Waals surface area contributed by atoms with Crippen LogP contribution in [-0.2, 0) is 0 Å². The molecule has 2 N–H and O–H groups in total. The summed E-state index contributed by atoms with van der Waals surface area (Å²) in [5.41, 5.74) is 2.91. The SMILES string of the molecule is N#Cc1cccc(NC(=O)c2ccnc(C(=O)NCCC3=CCCCC3)c2)c1. The number of amides is 2. The summed E-state index contributed by atoms with van der Waals surface area (Å²) in [6, 6.07) is 11.7. The van der Waals surface area contributed by atoms with Crippen LogP contribution in [0.1, 0.15) is 58.5 Å². The molecule has 142 valence electrons. The second-order valence-corrected chi connectivity index (χ2v) is 6.69. The lowest BCUT2D eigenvalue weighted by molar-refractivity contribution is 0.0949. The van der Waals surface area contributed by atoms with Gasteiger partial charge in [-0.3, -0.25) is 14.6 Å². The molecule has 1 aliphatic carbocycles. The Morgan fingerprint density at radius 1 is 1.14 bits per heavy atom. The molecule has 0 fully saturated rings. The van der Waals surface area contributed by atoms with Crippen molar-refractivity contribution in [3.63, 3.8) is 0 Å². The number of nitrogens with one attached hydrogen (secondary N) is 2. The molecule has 28 heavy (non-hydrogen) atoms. The van der Waals surface area contributed by atoms with Gasteiger partial charge in [0.2, 0.25) is 0 Å². The number of hydrogen-bond donors (Lipinski definition) is 2. The van der Waals surface area contributed by atoms with Gasteiger partial charge < -0.3 is 10.6 Å². The molecule has 0 unspecified atom stereocenters. The largest absolute Gasteiger partial charge is 0.350 e. The smallest absolute Gasteiger partial charge is 0.269 e. The molecule has 1 aromatic carbocycles. The molecule has 0 saturated heterocycles. The molecule has 2 amide bonds. The summed E-state index contributed by atoms with van der Waals surface area (Å²) in [5.74, 6) is -0.656. The van der Waals surface area contributed by atoms with E-state index in [-0.39, 0.29) is 17.5 Å². The van der Waals surface area contributed by atoms with Gasteiger partial charge in [0.15, 0.2) is 0 Å². The number of aromatic nitrogens is 1. The molecule has 1 aromatic heterocycles. The molecular formula is C22H22N4O2. The predicted octanol–water partition coefficient (Wildman–Crippen LogP) is 3.83. The van der Waals surface area contributed by atoms with E-state index in [2.05, 4.69) is 21.7 Å². The molecule has 0 atom stereocenters. The van der Waals surface area contributed by atoms with Gasteiger partial charge in [-0.15, -0.1) is 0 Å². The Kier molecular flexibility index (Phi) is 6.53. The normalized spacial score (nSPS) is 13.2. The lowest BCUT2D eigenvalue weighted by atomic mass is 9.97. The maximum atomic E-state index is 12.4. The van der Waals surface area contributed by atoms with Gasteiger partial charge in [-0.1, -0.05) is 17.7 Å². The van der Waals surface area contributed by atoms with E-state index in [1.807, 2.05) is 6.07 Å². The minimum atomic E-state index is -0.362. The monoisotopic (exact) mass is 374 g/mol. The quantitative estimate of drug-likeness (QED) is 0.751. The lowest BCUT2D eigenvalue weighted by Crippen LogP contribution is -2.26. The zero-order chi connectivity index (χ0) is 19.8. The van der Waals surface area contributed by atoms with E-state index in [1.165, 1.54) is 30.7 Å². The minimum absolute atomic E-state index is 0.205. The molecule has 0 saturated carbocycles. The van der Waals surface area contributed by atoms with Crippen LogP contribution in [0.3, 0.4) is 0 Å². The van der Waals surface area contributed by atoms with Gasteiger partial charge in [0.05, 0.1) is 11.6 Å². The van der Waals surface area contributed by atoms with Crippen LogP contribution >= 0.6 is 0 Å². The van der Waals surface area contributed by atoms with Crippen molar-refractivity contribution in [2.45, 2.75) is 32.1 Å². The fourth-order valence-corrected chi connectivity index (χ4v) is 3.12. The first kappa shape index (κ1) is 19.3. The van der Waals surface area contributed by atoms with E-state index in [0.29, 0.717) is 23.4 Å². The number of benzene rings is 1. The Balaban J connectivity index is 1.59. The topological polar surface area (TPSA) is 94.9 Å². The first-order chi connectivity index (χ1) is 13.7. The number of nitriles is 1. The number of carbonyl (C=O) groups excluding carboxylic acids is 2. The molecular weight excluding hydrogens is 352 g/mol. The molecule has 0 aliphatic heterocycles. The van der Waals surface area contributed by atoms with Crippen molar-refractivity contribution in [2.75, 3.05) is 11.9 Å². The Morgan fingerprint density at radius 2 is 2.04 bits per heavy atom. The fraction of sp³-hybridized carbons (Fsp3) is 0.273. The molecule has 2 aromatic rings. The summed E-state index contributed by atoms with van der Waals surface area (Å²) in [7, 11) is 0. The van der Waals surface area contributed by atoms with E-state index in [9.17, 15) is 9.59 Å². The highest BCUT2D eigenvalue weighted by Crippen LogP contribution is 2.19. The van der Waals surface area contributed by atoms with Gasteiger partial charge >= 0.3 is 0 Å². The third-order valence-corrected chi connectivity index (χ3v) is 4.62. The van der Waals surface area contributed by atoms with E-state index in [4.69, 9.17) is 5.26 Å². The number of rotatable bonds is 6. The second-order valence-electron chi connectivity index (χ2n) is 6.69. The number of nitrogens with zero attached hydrogens (tertiary/aromatic N) is 2. The number of allylic oxidation sites excluding steroid dienone is 1. The Hall–Kier alpha value is -3.46. The maximum Gasteiger partial charge on any atom is 0.269 e. The molecule has 0 radical (unpaired) electrons. The van der Waals surface area contributed by atoms with Crippen LogP contribution in [-0.4, -0.2) is 23.3 Å². The van der Waals surface area contributed by atoms with E-state index in [0.717, 1.165) is 19.3 Å². The summed E-state index contributed by atoms with van der Waals surface area (Å²) in [5, 5.41) is 14.5. The molecule has 1 aliphatic rings. The van der Waals surface area contributed by atoms with Crippen LogP contribution in [0.2, 0.25) is 0 Å². The number of carbonyl (C=O) groups is 2. The first-order valence-electron chi connectivity index (χ1n) is 9.39. The fourth-order valence-electron chi connectivity index (χ4n) is 3.12. The average molecular weight is 374 g/mol. The maximum absolute atomic E-state index is 12.4. The zero-order valence-corrected chi connectivity index (χ0v) is 15.6. The van der Waals surface area contributed by atoms with E-state index in [1.54, 1.807) is 30.3 Å². The van der Waals surface area contributed by atoms with Crippen LogP contribution in [0.5, 0.6) is 0 Å². The summed E-state index contributed by atoms with van der Waals surface area (Å²) in [6.45, 7) is 0.559. The number of anilines is 1. The van der Waals surface area contributed by atoms with Gasteiger partial charge in [-0.25, -0.2) is 0 Å². The zero-order valence-electron chi connectivity index (χ0n) is 15.6. The highest BCUT2D eigenvalue weighted by Gasteiger charge is 2.12. The number of hydrogen-bond acceptors (Lipinski definition) is 4. The minimum Gasteiger partial charge on any atom is -0.350 e. The van der Waals surface area contributed by atoms with Gasteiger partial charge in [0.1, 0.15) is 5.69 Å². The van der Waals surface area contributed by atoms with Crippen molar-refractivity contribution in [3.8, 4) is 6.07 Å². The van der Waals surface area contributed by atoms with Gasteiger partial charge in [0, 0.05) is 24.0 Å². The van der Waals surface area contributed by atoms with Crippen molar-refractivity contribution in [1.29, 1.82) is 5.26 Å². The van der Waals surface area contributed by atoms with Gasteiger partial charge in [-0.2, -0.15) is 5.26 Å². The van der Waals surface area contributed by atoms with Crippen molar-refractivity contribution >= 4 is 17.5 Å². The van der Waals surface area contributed by atoms with Crippen molar-refractivity contribution < 1.29 is 9.59 Å². The Labute approximate surface area is 164 Å². The molecule has 1 heterocycles. The third-order valence-electron chi connectivity index (χ3n) is 4.62. The highest BCUT2D eigenvalue weighted by atomic mass is 16.2. The van der Waals surface area contributed by atoms with E-state index < -0.39 is 0 Å². The van der Waals surface area contributed by atoms with Gasteiger partial charge in [-0.05, 0) is 62.4 Å². The molecule has 6 nitrogen and oxygen atoms in total. The summed E-state index contributed by atoms with van der Waals surface area (Å²) in [6.07, 6.45) is 9.25. The van der Waals surface area contributed by atoms with Crippen LogP contribution in [0.15, 0.2) is 54.2 Å². The molecule has 6 heteroatoms. The standard InChI is InChI=1S/C22H22N4O2/c23-15-17-7-4-8-19(13-17)26-21(27)18-10-12-24-20(14-18)22(28)25-11-9-16-5-2-1-3-6-16/h4-5,7-8,10,12-14H,1-3,6,9,11H2,(H,25,28)(H,26,27). The average Bonchev–Trinajstić information content (AvgIpc) is 2.74. The van der Waals surface area contributed by atoms with Crippen molar-refractivity contribution in [1.82, 2.24) is 10.3 Å². The first-order valence-corrected chi connectivity index (χ1v) is 9.39. The van der Waals surface area contributed by atoms with Crippen LogP contribution in [0, 0.1) is 11.3 Å². The highest BCUT2D eigenvalue weighted by molar-refractivity contribution is 6.05. The third kappa shape index (κ3) is 5.27. The van der Waals surface area contributed by atoms with Crippen LogP contribution in [0.4, 0.5) is 5.69 Å². The summed E-state index contributed by atoms with van der Waals surface area (Å²) in [4.78, 5) is 28.9. The van der Waals surface area contributed by atoms with Crippen LogP contribution < -0.4 is 10.6 Å². The van der Waals surface area contributed by atoms with Crippen LogP contribution in [0.25, 0.3) is 0 Å². The van der Waals surface area contributed by atoms with Crippen molar-refractivity contribution in [3.05, 3.63) is 71.1 Å². The Bertz CT molecular complexity index is 944. The summed E-state index contributed by atoms with van der Waals surface area (Å²) >= 11 is 0. The van der Waals surface area contributed by atoms with E-state index >= 15 is 0 Å². The number of pyridine rings is 1. The molecule has 3 rings (SSSR count). The lowest BCUT2D eigenvalue weighted by Gasteiger charge is -2.13. The van der Waals surface area contributed by atoms with Gasteiger partial charge in [0.25, 0.3) is 11.8 Å². The van der Waals surface area contributed by atoms with Crippen molar-refractivity contribution in [2.24, 2.45) is 0 Å². The Morgan fingerprint density at radius 3 is 2.82 bits per heavy atom. The second kappa shape index (κ2) is 9.47. The predicted molar refractivity (Wildman–Crippen MR) is 107 cm³/mol. The molecule has 0 spiro atoms. The molecule has 0 bridgehead atoms. The summed E-state index contributed by atoms with van der Waals surface area (Å²) < 4.78 is 0.